The van der Waals surface area contributed by atoms with E-state index in [0.717, 1.165) is 44.4 Å². The van der Waals surface area contributed by atoms with Gasteiger partial charge in [0, 0.05) is 38.3 Å². The number of nitrogens with zero attached hydrogens (tertiary/aromatic N) is 3. The van der Waals surface area contributed by atoms with Crippen molar-refractivity contribution >= 4 is 5.95 Å². The van der Waals surface area contributed by atoms with Crippen LogP contribution in [0.1, 0.15) is 30.2 Å². The SMILES string of the molecule is CCOCCCNc1nc(C)cn1Cc1ccncc1C. The van der Waals surface area contributed by atoms with Gasteiger partial charge in [-0.3, -0.25) is 4.98 Å². The molecular formula is C16H24N4O. The Labute approximate surface area is 126 Å². The second kappa shape index (κ2) is 7.78. The van der Waals surface area contributed by atoms with Gasteiger partial charge in [0.25, 0.3) is 0 Å². The van der Waals surface area contributed by atoms with Crippen molar-refractivity contribution in [1.82, 2.24) is 14.5 Å². The number of rotatable bonds is 8. The van der Waals surface area contributed by atoms with Crippen LogP contribution in [-0.4, -0.2) is 34.3 Å². The summed E-state index contributed by atoms with van der Waals surface area (Å²) in [6.45, 7) is 9.35. The highest BCUT2D eigenvalue weighted by molar-refractivity contribution is 5.31. The van der Waals surface area contributed by atoms with Gasteiger partial charge in [-0.25, -0.2) is 4.98 Å². The molecule has 2 heterocycles. The monoisotopic (exact) mass is 288 g/mol. The molecule has 2 aromatic heterocycles. The first-order valence-corrected chi connectivity index (χ1v) is 7.45. The molecule has 5 heteroatoms. The quantitative estimate of drug-likeness (QED) is 0.759. The van der Waals surface area contributed by atoms with E-state index in [1.807, 2.05) is 26.2 Å². The Morgan fingerprint density at radius 2 is 2.19 bits per heavy atom. The number of imidazole rings is 1. The Bertz CT molecular complexity index is 565. The number of aromatic nitrogens is 3. The van der Waals surface area contributed by atoms with Crippen LogP contribution in [-0.2, 0) is 11.3 Å². The van der Waals surface area contributed by atoms with Gasteiger partial charge in [-0.2, -0.15) is 0 Å². The Balaban J connectivity index is 1.98. The summed E-state index contributed by atoms with van der Waals surface area (Å²) in [5, 5.41) is 3.39. The third-order valence-electron chi connectivity index (χ3n) is 3.33. The van der Waals surface area contributed by atoms with Gasteiger partial charge in [-0.05, 0) is 44.4 Å². The van der Waals surface area contributed by atoms with E-state index >= 15 is 0 Å². The number of ether oxygens (including phenoxy) is 1. The molecule has 0 aromatic carbocycles. The number of aryl methyl sites for hydroxylation is 2. The van der Waals surface area contributed by atoms with E-state index < -0.39 is 0 Å². The largest absolute Gasteiger partial charge is 0.382 e. The maximum atomic E-state index is 5.34. The van der Waals surface area contributed by atoms with Crippen molar-refractivity contribution in [2.45, 2.75) is 33.7 Å². The zero-order valence-corrected chi connectivity index (χ0v) is 13.1. The van der Waals surface area contributed by atoms with Crippen molar-refractivity contribution in [3.63, 3.8) is 0 Å². The first-order valence-electron chi connectivity index (χ1n) is 7.45. The minimum absolute atomic E-state index is 0.773. The Hall–Kier alpha value is -1.88. The van der Waals surface area contributed by atoms with Gasteiger partial charge in [0.2, 0.25) is 5.95 Å². The summed E-state index contributed by atoms with van der Waals surface area (Å²) < 4.78 is 7.50. The van der Waals surface area contributed by atoms with Gasteiger partial charge < -0.3 is 14.6 Å². The molecule has 0 saturated carbocycles. The molecule has 2 rings (SSSR count). The molecule has 0 spiro atoms. The van der Waals surface area contributed by atoms with Crippen LogP contribution in [0.2, 0.25) is 0 Å². The molecular weight excluding hydrogens is 264 g/mol. The van der Waals surface area contributed by atoms with Crippen LogP contribution in [0.3, 0.4) is 0 Å². The Morgan fingerprint density at radius 1 is 1.33 bits per heavy atom. The lowest BCUT2D eigenvalue weighted by Gasteiger charge is -2.11. The smallest absolute Gasteiger partial charge is 0.203 e. The normalized spacial score (nSPS) is 10.8. The van der Waals surface area contributed by atoms with Crippen LogP contribution in [0.25, 0.3) is 0 Å². The minimum Gasteiger partial charge on any atom is -0.382 e. The molecule has 0 atom stereocenters. The number of nitrogens with one attached hydrogen (secondary N) is 1. The number of anilines is 1. The molecule has 0 bridgehead atoms. The summed E-state index contributed by atoms with van der Waals surface area (Å²) in [6.07, 6.45) is 6.79. The van der Waals surface area contributed by atoms with Crippen molar-refractivity contribution in [2.24, 2.45) is 0 Å². The predicted octanol–water partition coefficient (Wildman–Crippen LogP) is 2.78. The summed E-state index contributed by atoms with van der Waals surface area (Å²) in [5.41, 5.74) is 3.49. The van der Waals surface area contributed by atoms with Crippen molar-refractivity contribution < 1.29 is 4.74 Å². The highest BCUT2D eigenvalue weighted by atomic mass is 16.5. The van der Waals surface area contributed by atoms with E-state index in [1.54, 1.807) is 0 Å². The van der Waals surface area contributed by atoms with Gasteiger partial charge in [0.05, 0.1) is 12.2 Å². The maximum Gasteiger partial charge on any atom is 0.203 e. The van der Waals surface area contributed by atoms with E-state index in [4.69, 9.17) is 4.74 Å². The van der Waals surface area contributed by atoms with E-state index in [-0.39, 0.29) is 0 Å². The molecule has 2 aromatic rings. The fourth-order valence-corrected chi connectivity index (χ4v) is 2.19. The van der Waals surface area contributed by atoms with E-state index in [1.165, 1.54) is 11.1 Å². The van der Waals surface area contributed by atoms with Crippen molar-refractivity contribution in [3.8, 4) is 0 Å². The summed E-state index contributed by atoms with van der Waals surface area (Å²) in [5.74, 6) is 0.917. The maximum absolute atomic E-state index is 5.34. The standard InChI is InChI=1S/C16H24N4O/c1-4-21-9-5-7-18-16-19-14(3)11-20(16)12-15-6-8-17-10-13(15)2/h6,8,10-11H,4-5,7,9,12H2,1-3H3,(H,18,19). The van der Waals surface area contributed by atoms with E-state index in [0.29, 0.717) is 0 Å². The fourth-order valence-electron chi connectivity index (χ4n) is 2.19. The van der Waals surface area contributed by atoms with Crippen molar-refractivity contribution in [1.29, 1.82) is 0 Å². The third kappa shape index (κ3) is 4.56. The summed E-state index contributed by atoms with van der Waals surface area (Å²) in [6, 6.07) is 2.06. The van der Waals surface area contributed by atoms with Gasteiger partial charge in [0.1, 0.15) is 0 Å². The molecule has 5 nitrogen and oxygen atoms in total. The molecule has 0 fully saturated rings. The molecule has 1 N–H and O–H groups in total. The Kier molecular flexibility index (Phi) is 5.75. The van der Waals surface area contributed by atoms with Crippen LogP contribution in [0.5, 0.6) is 0 Å². The molecule has 0 radical (unpaired) electrons. The highest BCUT2D eigenvalue weighted by Crippen LogP contribution is 2.14. The molecule has 21 heavy (non-hydrogen) atoms. The highest BCUT2D eigenvalue weighted by Gasteiger charge is 2.07. The zero-order valence-electron chi connectivity index (χ0n) is 13.1. The van der Waals surface area contributed by atoms with Gasteiger partial charge in [-0.1, -0.05) is 0 Å². The molecule has 0 unspecified atom stereocenters. The Morgan fingerprint density at radius 3 is 2.95 bits per heavy atom. The van der Waals surface area contributed by atoms with Gasteiger partial charge >= 0.3 is 0 Å². The molecule has 0 aliphatic carbocycles. The van der Waals surface area contributed by atoms with Gasteiger partial charge in [-0.15, -0.1) is 0 Å². The van der Waals surface area contributed by atoms with E-state index in [2.05, 4.69) is 39.0 Å². The average molecular weight is 288 g/mol. The topological polar surface area (TPSA) is 52.0 Å². The van der Waals surface area contributed by atoms with Crippen LogP contribution in [0, 0.1) is 13.8 Å². The second-order valence-corrected chi connectivity index (χ2v) is 5.11. The molecule has 114 valence electrons. The van der Waals surface area contributed by atoms with E-state index in [9.17, 15) is 0 Å². The average Bonchev–Trinajstić information content (AvgIpc) is 2.81. The lowest BCUT2D eigenvalue weighted by Crippen LogP contribution is -2.11. The van der Waals surface area contributed by atoms with Crippen LogP contribution >= 0.6 is 0 Å². The number of pyridine rings is 1. The minimum atomic E-state index is 0.773. The van der Waals surface area contributed by atoms with Crippen LogP contribution in [0.4, 0.5) is 5.95 Å². The molecule has 0 saturated heterocycles. The van der Waals surface area contributed by atoms with Crippen LogP contribution < -0.4 is 5.32 Å². The number of hydrogen-bond donors (Lipinski definition) is 1. The lowest BCUT2D eigenvalue weighted by atomic mass is 10.1. The third-order valence-corrected chi connectivity index (χ3v) is 3.33. The fraction of sp³-hybridized carbons (Fsp3) is 0.500. The predicted molar refractivity (Wildman–Crippen MR) is 84.6 cm³/mol. The first-order chi connectivity index (χ1) is 10.2. The summed E-state index contributed by atoms with van der Waals surface area (Å²) in [7, 11) is 0. The van der Waals surface area contributed by atoms with Gasteiger partial charge in [0.15, 0.2) is 0 Å². The first kappa shape index (κ1) is 15.5. The van der Waals surface area contributed by atoms with Crippen molar-refractivity contribution in [2.75, 3.05) is 25.1 Å². The number of hydrogen-bond acceptors (Lipinski definition) is 4. The zero-order chi connectivity index (χ0) is 15.1. The molecule has 0 aliphatic rings. The van der Waals surface area contributed by atoms with Crippen molar-refractivity contribution in [3.05, 3.63) is 41.5 Å². The van der Waals surface area contributed by atoms with Crippen LogP contribution in [0.15, 0.2) is 24.7 Å². The lowest BCUT2D eigenvalue weighted by molar-refractivity contribution is 0.147. The summed E-state index contributed by atoms with van der Waals surface area (Å²) >= 11 is 0. The summed E-state index contributed by atoms with van der Waals surface area (Å²) in [4.78, 5) is 8.69. The molecule has 0 amide bonds. The molecule has 0 aliphatic heterocycles. The second-order valence-electron chi connectivity index (χ2n) is 5.11.